The van der Waals surface area contributed by atoms with E-state index in [1.165, 1.54) is 13.8 Å². The molecule has 0 saturated heterocycles. The van der Waals surface area contributed by atoms with Gasteiger partial charge in [0.1, 0.15) is 30.2 Å². The first-order chi connectivity index (χ1) is 19.2. The van der Waals surface area contributed by atoms with Gasteiger partial charge in [0.2, 0.25) is 35.4 Å². The summed E-state index contributed by atoms with van der Waals surface area (Å²) in [6, 6.07) is -5.81. The van der Waals surface area contributed by atoms with Crippen molar-refractivity contribution >= 4 is 54.0 Å². The number of carbonyl (C=O) groups is 7. The summed E-state index contributed by atoms with van der Waals surface area (Å²) in [5.41, 5.74) is 10.6. The van der Waals surface area contributed by atoms with Crippen molar-refractivity contribution in [2.75, 3.05) is 12.3 Å². The maximum Gasteiger partial charge on any atom is 0.326 e. The van der Waals surface area contributed by atoms with Gasteiger partial charge in [-0.1, -0.05) is 20.3 Å². The van der Waals surface area contributed by atoms with Crippen molar-refractivity contribution in [2.45, 2.75) is 96.4 Å². The Morgan fingerprint density at radius 1 is 0.780 bits per heavy atom. The van der Waals surface area contributed by atoms with Gasteiger partial charge in [0.25, 0.3) is 0 Å². The first-order valence-electron chi connectivity index (χ1n) is 13.5. The molecular formula is C25H45N7O8S. The Hall–Kier alpha value is -3.40. The lowest BCUT2D eigenvalue weighted by Crippen LogP contribution is -2.59. The van der Waals surface area contributed by atoms with Crippen LogP contribution in [-0.4, -0.2) is 89.0 Å². The number of aliphatic carboxylic acids is 1. The molecule has 41 heavy (non-hydrogen) atoms. The van der Waals surface area contributed by atoms with E-state index < -0.39 is 71.6 Å². The quantitative estimate of drug-likeness (QED) is 0.0545. The standard InChI is InChI=1S/C25H45N7O8S/c1-5-13(2)20(29-15(4)33)24(38)30-16(9-10-19(27)34)22(36)32-18(12-41)23(37)28-14(3)21(35)31-17(25(39)40)8-6-7-11-26/h13-14,16-18,20,41H,5-12,26H2,1-4H3,(H2,27,34)(H,28,37)(H,29,33)(H,30,38)(H,31,35)(H,32,36)(H,39,40). The minimum atomic E-state index is -1.28. The summed E-state index contributed by atoms with van der Waals surface area (Å²) in [6.45, 7) is 6.54. The summed E-state index contributed by atoms with van der Waals surface area (Å²) in [6.07, 6.45) is 1.34. The van der Waals surface area contributed by atoms with Crippen molar-refractivity contribution in [2.24, 2.45) is 17.4 Å². The van der Waals surface area contributed by atoms with Gasteiger partial charge in [-0.25, -0.2) is 4.79 Å². The Morgan fingerprint density at radius 2 is 1.34 bits per heavy atom. The summed E-state index contributed by atoms with van der Waals surface area (Å²) in [5.74, 6) is -5.87. The van der Waals surface area contributed by atoms with Crippen LogP contribution in [0.4, 0.5) is 0 Å². The summed E-state index contributed by atoms with van der Waals surface area (Å²) >= 11 is 4.09. The Morgan fingerprint density at radius 3 is 1.83 bits per heavy atom. The lowest BCUT2D eigenvalue weighted by Gasteiger charge is -2.27. The van der Waals surface area contributed by atoms with Crippen molar-refractivity contribution in [1.82, 2.24) is 26.6 Å². The SMILES string of the molecule is CCC(C)C(NC(C)=O)C(=O)NC(CCC(N)=O)C(=O)NC(CS)C(=O)NC(C)C(=O)NC(CCCCN)C(=O)O. The number of hydrogen-bond acceptors (Lipinski definition) is 9. The topological polar surface area (TPSA) is 252 Å². The van der Waals surface area contributed by atoms with E-state index in [1.807, 2.05) is 6.92 Å². The second-order valence-corrected chi connectivity index (χ2v) is 10.2. The zero-order valence-corrected chi connectivity index (χ0v) is 24.9. The molecule has 0 spiro atoms. The average Bonchev–Trinajstić information content (AvgIpc) is 2.90. The summed E-state index contributed by atoms with van der Waals surface area (Å²) in [5, 5.41) is 21.6. The van der Waals surface area contributed by atoms with Crippen LogP contribution in [0.1, 0.15) is 66.2 Å². The van der Waals surface area contributed by atoms with Crippen molar-refractivity contribution in [3.05, 3.63) is 0 Å². The molecule has 0 aliphatic heterocycles. The van der Waals surface area contributed by atoms with Gasteiger partial charge in [0.15, 0.2) is 0 Å². The number of unbranched alkanes of at least 4 members (excludes halogenated alkanes) is 1. The van der Waals surface area contributed by atoms with E-state index in [-0.39, 0.29) is 30.9 Å². The number of carboxylic acid groups (broad SMARTS) is 1. The Bertz CT molecular complexity index is 936. The van der Waals surface area contributed by atoms with Gasteiger partial charge in [-0.2, -0.15) is 12.6 Å². The molecule has 0 aliphatic rings. The van der Waals surface area contributed by atoms with Crippen molar-refractivity contribution in [3.63, 3.8) is 0 Å². The maximum atomic E-state index is 13.1. The molecule has 0 aromatic heterocycles. The first kappa shape index (κ1) is 37.6. The van der Waals surface area contributed by atoms with Crippen LogP contribution >= 0.6 is 12.6 Å². The molecular weight excluding hydrogens is 558 g/mol. The Kier molecular flexibility index (Phi) is 18.0. The number of primary amides is 1. The molecule has 0 bridgehead atoms. The van der Waals surface area contributed by atoms with E-state index in [0.717, 1.165) is 0 Å². The van der Waals surface area contributed by atoms with Gasteiger partial charge in [-0.3, -0.25) is 28.8 Å². The van der Waals surface area contributed by atoms with Crippen LogP contribution < -0.4 is 38.1 Å². The minimum Gasteiger partial charge on any atom is -0.480 e. The highest BCUT2D eigenvalue weighted by atomic mass is 32.1. The van der Waals surface area contributed by atoms with E-state index in [4.69, 9.17) is 11.5 Å². The van der Waals surface area contributed by atoms with Gasteiger partial charge >= 0.3 is 5.97 Å². The summed E-state index contributed by atoms with van der Waals surface area (Å²) in [7, 11) is 0. The third-order valence-corrected chi connectivity index (χ3v) is 6.66. The zero-order chi connectivity index (χ0) is 31.7. The monoisotopic (exact) mass is 603 g/mol. The van der Waals surface area contributed by atoms with Gasteiger partial charge in [-0.05, 0) is 45.1 Å². The van der Waals surface area contributed by atoms with Crippen molar-refractivity contribution in [3.8, 4) is 0 Å². The van der Waals surface area contributed by atoms with Crippen LogP contribution in [-0.2, 0) is 33.6 Å². The predicted octanol–water partition coefficient (Wildman–Crippen LogP) is -2.09. The van der Waals surface area contributed by atoms with Crippen LogP contribution in [0.3, 0.4) is 0 Å². The third kappa shape index (κ3) is 14.7. The molecule has 10 N–H and O–H groups in total. The average molecular weight is 604 g/mol. The van der Waals surface area contributed by atoms with Gasteiger partial charge in [0.05, 0.1) is 0 Å². The molecule has 0 radical (unpaired) electrons. The van der Waals surface area contributed by atoms with Crippen molar-refractivity contribution in [1.29, 1.82) is 0 Å². The van der Waals surface area contributed by atoms with Gasteiger partial charge < -0.3 is 43.2 Å². The highest BCUT2D eigenvalue weighted by Gasteiger charge is 2.32. The molecule has 6 amide bonds. The van der Waals surface area contributed by atoms with E-state index in [1.54, 1.807) is 6.92 Å². The fraction of sp³-hybridized carbons (Fsp3) is 0.720. The van der Waals surface area contributed by atoms with Crippen molar-refractivity contribution < 1.29 is 38.7 Å². The number of thiol groups is 1. The fourth-order valence-corrected chi connectivity index (χ4v) is 3.89. The van der Waals surface area contributed by atoms with E-state index in [9.17, 15) is 38.7 Å². The highest BCUT2D eigenvalue weighted by Crippen LogP contribution is 2.10. The summed E-state index contributed by atoms with van der Waals surface area (Å²) in [4.78, 5) is 85.8. The number of amides is 6. The predicted molar refractivity (Wildman–Crippen MR) is 153 cm³/mol. The van der Waals surface area contributed by atoms with E-state index >= 15 is 0 Å². The van der Waals surface area contributed by atoms with Crippen LogP contribution in [0.5, 0.6) is 0 Å². The third-order valence-electron chi connectivity index (χ3n) is 6.30. The Balaban J connectivity index is 5.48. The molecule has 6 unspecified atom stereocenters. The molecule has 0 aliphatic carbocycles. The molecule has 6 atom stereocenters. The number of hydrogen-bond donors (Lipinski definition) is 9. The Labute approximate surface area is 245 Å². The fourth-order valence-electron chi connectivity index (χ4n) is 3.63. The van der Waals surface area contributed by atoms with Gasteiger partial charge in [0, 0.05) is 19.1 Å². The number of nitrogens with one attached hydrogen (secondary N) is 5. The van der Waals surface area contributed by atoms with E-state index in [2.05, 4.69) is 39.2 Å². The van der Waals surface area contributed by atoms with Crippen LogP contribution in [0, 0.1) is 5.92 Å². The second-order valence-electron chi connectivity index (χ2n) is 9.79. The summed E-state index contributed by atoms with van der Waals surface area (Å²) < 4.78 is 0. The largest absolute Gasteiger partial charge is 0.480 e. The van der Waals surface area contributed by atoms with Crippen LogP contribution in [0.2, 0.25) is 0 Å². The number of carboxylic acids is 1. The van der Waals surface area contributed by atoms with Gasteiger partial charge in [-0.15, -0.1) is 0 Å². The lowest BCUT2D eigenvalue weighted by molar-refractivity contribution is -0.142. The molecule has 234 valence electrons. The number of carbonyl (C=O) groups excluding carboxylic acids is 6. The normalized spacial score (nSPS) is 15.2. The van der Waals surface area contributed by atoms with Crippen LogP contribution in [0.25, 0.3) is 0 Å². The number of nitrogens with two attached hydrogens (primary N) is 2. The molecule has 0 saturated carbocycles. The molecule has 0 aromatic rings. The second kappa shape index (κ2) is 19.6. The molecule has 0 heterocycles. The molecule has 0 rings (SSSR count). The minimum absolute atomic E-state index is 0.159. The smallest absolute Gasteiger partial charge is 0.326 e. The highest BCUT2D eigenvalue weighted by molar-refractivity contribution is 7.80. The lowest BCUT2D eigenvalue weighted by atomic mass is 9.97. The molecule has 16 heteroatoms. The van der Waals surface area contributed by atoms with Crippen LogP contribution in [0.15, 0.2) is 0 Å². The molecule has 0 aromatic carbocycles. The molecule has 0 fully saturated rings. The first-order valence-corrected chi connectivity index (χ1v) is 14.1. The molecule has 15 nitrogen and oxygen atoms in total. The zero-order valence-electron chi connectivity index (χ0n) is 24.0. The van der Waals surface area contributed by atoms with E-state index in [0.29, 0.717) is 25.8 Å². The number of rotatable bonds is 20. The maximum absolute atomic E-state index is 13.1.